The molecule has 0 aliphatic rings. The summed E-state index contributed by atoms with van der Waals surface area (Å²) in [5, 5.41) is 17.8. The van der Waals surface area contributed by atoms with Crippen LogP contribution in [0.2, 0.25) is 0 Å². The standard InChI is InChI=1S/C10H10BNO3/c1-7-10(15-6-12-7)8-2-4-9(5-3-8)11(13)14/h2-6,13-14H,1H3. The third kappa shape index (κ3) is 1.93. The van der Waals surface area contributed by atoms with Crippen LogP contribution in [0, 0.1) is 6.92 Å². The number of nitrogens with zero attached hydrogens (tertiary/aromatic N) is 1. The highest BCUT2D eigenvalue weighted by molar-refractivity contribution is 6.58. The van der Waals surface area contributed by atoms with Gasteiger partial charge in [-0.2, -0.15) is 0 Å². The van der Waals surface area contributed by atoms with Gasteiger partial charge in [0.25, 0.3) is 0 Å². The van der Waals surface area contributed by atoms with E-state index in [1.165, 1.54) is 6.39 Å². The minimum Gasteiger partial charge on any atom is -0.443 e. The molecule has 4 nitrogen and oxygen atoms in total. The molecule has 0 aliphatic heterocycles. The summed E-state index contributed by atoms with van der Waals surface area (Å²) < 4.78 is 5.21. The Labute approximate surface area is 87.3 Å². The van der Waals surface area contributed by atoms with Gasteiger partial charge in [0.2, 0.25) is 0 Å². The quantitative estimate of drug-likeness (QED) is 0.690. The van der Waals surface area contributed by atoms with Crippen molar-refractivity contribution in [2.75, 3.05) is 0 Å². The average Bonchev–Trinajstić information content (AvgIpc) is 2.65. The van der Waals surface area contributed by atoms with E-state index in [0.717, 1.165) is 11.3 Å². The number of rotatable bonds is 2. The first-order chi connectivity index (χ1) is 7.18. The van der Waals surface area contributed by atoms with Crippen LogP contribution in [0.4, 0.5) is 0 Å². The molecule has 0 amide bonds. The van der Waals surface area contributed by atoms with Gasteiger partial charge in [0, 0.05) is 5.56 Å². The van der Waals surface area contributed by atoms with Crippen molar-refractivity contribution < 1.29 is 14.5 Å². The minimum absolute atomic E-state index is 0.455. The minimum atomic E-state index is -1.44. The van der Waals surface area contributed by atoms with Gasteiger partial charge in [-0.25, -0.2) is 4.98 Å². The van der Waals surface area contributed by atoms with Crippen LogP contribution >= 0.6 is 0 Å². The lowest BCUT2D eigenvalue weighted by molar-refractivity contribution is 0.426. The molecule has 0 unspecified atom stereocenters. The fraction of sp³-hybridized carbons (Fsp3) is 0.100. The third-order valence-corrected chi connectivity index (χ3v) is 2.22. The fourth-order valence-electron chi connectivity index (χ4n) is 1.39. The SMILES string of the molecule is Cc1ncoc1-c1ccc(B(O)O)cc1. The Morgan fingerprint density at radius 2 is 1.87 bits per heavy atom. The second-order valence-electron chi connectivity index (χ2n) is 3.26. The largest absolute Gasteiger partial charge is 0.488 e. The van der Waals surface area contributed by atoms with Crippen molar-refractivity contribution >= 4 is 12.6 Å². The Morgan fingerprint density at radius 1 is 1.20 bits per heavy atom. The van der Waals surface area contributed by atoms with Crippen LogP contribution in [0.5, 0.6) is 0 Å². The second-order valence-corrected chi connectivity index (χ2v) is 3.26. The lowest BCUT2D eigenvalue weighted by atomic mass is 9.80. The highest BCUT2D eigenvalue weighted by Gasteiger charge is 2.11. The van der Waals surface area contributed by atoms with Crippen molar-refractivity contribution in [1.82, 2.24) is 4.98 Å². The maximum absolute atomic E-state index is 8.92. The predicted molar refractivity (Wildman–Crippen MR) is 56.5 cm³/mol. The Hall–Kier alpha value is -1.59. The Balaban J connectivity index is 2.36. The van der Waals surface area contributed by atoms with Crippen LogP contribution in [0.25, 0.3) is 11.3 Å². The zero-order chi connectivity index (χ0) is 10.8. The highest BCUT2D eigenvalue weighted by atomic mass is 16.4. The van der Waals surface area contributed by atoms with Gasteiger partial charge in [0.15, 0.2) is 12.2 Å². The lowest BCUT2D eigenvalue weighted by Gasteiger charge is -2.01. The molecule has 2 N–H and O–H groups in total. The van der Waals surface area contributed by atoms with E-state index in [1.807, 2.05) is 6.92 Å². The van der Waals surface area contributed by atoms with E-state index in [9.17, 15) is 0 Å². The monoisotopic (exact) mass is 203 g/mol. The first-order valence-electron chi connectivity index (χ1n) is 4.55. The normalized spacial score (nSPS) is 10.3. The molecule has 0 radical (unpaired) electrons. The molecule has 0 fully saturated rings. The summed E-state index contributed by atoms with van der Waals surface area (Å²) >= 11 is 0. The van der Waals surface area contributed by atoms with Crippen molar-refractivity contribution in [3.63, 3.8) is 0 Å². The van der Waals surface area contributed by atoms with E-state index in [-0.39, 0.29) is 0 Å². The molecule has 2 aromatic rings. The van der Waals surface area contributed by atoms with E-state index >= 15 is 0 Å². The zero-order valence-electron chi connectivity index (χ0n) is 8.21. The number of oxazole rings is 1. The maximum atomic E-state index is 8.92. The molecule has 0 aliphatic carbocycles. The summed E-state index contributed by atoms with van der Waals surface area (Å²) in [6.45, 7) is 1.85. The van der Waals surface area contributed by atoms with E-state index in [4.69, 9.17) is 14.5 Å². The van der Waals surface area contributed by atoms with Gasteiger partial charge < -0.3 is 14.5 Å². The third-order valence-electron chi connectivity index (χ3n) is 2.22. The number of benzene rings is 1. The highest BCUT2D eigenvalue weighted by Crippen LogP contribution is 2.21. The van der Waals surface area contributed by atoms with Gasteiger partial charge in [-0.15, -0.1) is 0 Å². The number of aryl methyl sites for hydroxylation is 1. The lowest BCUT2D eigenvalue weighted by Crippen LogP contribution is -2.29. The summed E-state index contributed by atoms with van der Waals surface area (Å²) in [6.07, 6.45) is 1.39. The first kappa shape index (κ1) is 9.95. The number of hydrogen-bond acceptors (Lipinski definition) is 4. The second kappa shape index (κ2) is 3.88. The Morgan fingerprint density at radius 3 is 2.33 bits per heavy atom. The van der Waals surface area contributed by atoms with Gasteiger partial charge in [0.05, 0.1) is 5.69 Å². The molecule has 76 valence electrons. The van der Waals surface area contributed by atoms with Gasteiger partial charge >= 0.3 is 7.12 Å². The molecular weight excluding hydrogens is 193 g/mol. The van der Waals surface area contributed by atoms with Crippen LogP contribution in [0.15, 0.2) is 35.1 Å². The summed E-state index contributed by atoms with van der Waals surface area (Å²) in [7, 11) is -1.44. The topological polar surface area (TPSA) is 66.5 Å². The molecule has 15 heavy (non-hydrogen) atoms. The zero-order valence-corrected chi connectivity index (χ0v) is 8.21. The van der Waals surface area contributed by atoms with Crippen LogP contribution in [-0.2, 0) is 0 Å². The maximum Gasteiger partial charge on any atom is 0.488 e. The van der Waals surface area contributed by atoms with Gasteiger partial charge in [-0.1, -0.05) is 24.3 Å². The van der Waals surface area contributed by atoms with E-state index in [1.54, 1.807) is 24.3 Å². The molecule has 2 rings (SSSR count). The molecule has 1 aromatic carbocycles. The Bertz CT molecular complexity index is 450. The van der Waals surface area contributed by atoms with Crippen molar-refractivity contribution in [2.45, 2.75) is 6.92 Å². The van der Waals surface area contributed by atoms with E-state index in [2.05, 4.69) is 4.98 Å². The van der Waals surface area contributed by atoms with Crippen molar-refractivity contribution in [3.8, 4) is 11.3 Å². The number of hydrogen-bond donors (Lipinski definition) is 2. The van der Waals surface area contributed by atoms with Crippen molar-refractivity contribution in [1.29, 1.82) is 0 Å². The molecular formula is C10H10BNO3. The summed E-state index contributed by atoms with van der Waals surface area (Å²) in [5.74, 6) is 0.703. The molecule has 1 heterocycles. The summed E-state index contributed by atoms with van der Waals surface area (Å²) in [6, 6.07) is 6.81. The van der Waals surface area contributed by atoms with E-state index < -0.39 is 7.12 Å². The van der Waals surface area contributed by atoms with Gasteiger partial charge in [0.1, 0.15) is 0 Å². The molecule has 0 saturated heterocycles. The Kier molecular flexibility index (Phi) is 2.57. The van der Waals surface area contributed by atoms with Crippen LogP contribution < -0.4 is 5.46 Å². The molecule has 0 atom stereocenters. The molecule has 0 bridgehead atoms. The summed E-state index contributed by atoms with van der Waals surface area (Å²) in [5.41, 5.74) is 2.14. The predicted octanol–water partition coefficient (Wildman–Crippen LogP) is 0.330. The van der Waals surface area contributed by atoms with Crippen LogP contribution in [0.1, 0.15) is 5.69 Å². The molecule has 5 heteroatoms. The smallest absolute Gasteiger partial charge is 0.443 e. The first-order valence-corrected chi connectivity index (χ1v) is 4.55. The average molecular weight is 203 g/mol. The van der Waals surface area contributed by atoms with Gasteiger partial charge in [-0.3, -0.25) is 0 Å². The summed E-state index contributed by atoms with van der Waals surface area (Å²) in [4.78, 5) is 3.99. The van der Waals surface area contributed by atoms with Crippen molar-refractivity contribution in [3.05, 3.63) is 36.4 Å². The molecule has 0 spiro atoms. The fourth-order valence-corrected chi connectivity index (χ4v) is 1.39. The van der Waals surface area contributed by atoms with Crippen molar-refractivity contribution in [2.24, 2.45) is 0 Å². The number of aromatic nitrogens is 1. The molecule has 1 aromatic heterocycles. The van der Waals surface area contributed by atoms with Crippen LogP contribution in [-0.4, -0.2) is 22.2 Å². The van der Waals surface area contributed by atoms with Gasteiger partial charge in [-0.05, 0) is 12.4 Å². The van der Waals surface area contributed by atoms with Crippen LogP contribution in [0.3, 0.4) is 0 Å². The van der Waals surface area contributed by atoms with E-state index in [0.29, 0.717) is 11.2 Å². The molecule has 0 saturated carbocycles.